The second-order valence-corrected chi connectivity index (χ2v) is 3.63. The molecule has 1 aromatic rings. The zero-order valence-corrected chi connectivity index (χ0v) is 10.2. The van der Waals surface area contributed by atoms with Crippen LogP contribution in [0.1, 0.15) is 23.7 Å². The third kappa shape index (κ3) is 3.65. The first kappa shape index (κ1) is 13.8. The summed E-state index contributed by atoms with van der Waals surface area (Å²) in [6.45, 7) is 2.41. The summed E-state index contributed by atoms with van der Waals surface area (Å²) < 4.78 is 5.34. The number of nitrogens with one attached hydrogen (secondary N) is 1. The molecule has 6 nitrogen and oxygen atoms in total. The van der Waals surface area contributed by atoms with Crippen LogP contribution in [-0.2, 0) is 4.79 Å². The number of para-hydroxylation sites is 1. The van der Waals surface area contributed by atoms with E-state index in [1.54, 1.807) is 25.1 Å². The first-order valence-electron chi connectivity index (χ1n) is 5.64. The number of ether oxygens (including phenoxy) is 1. The Bertz CT molecular complexity index is 446. The average molecular weight is 251 g/mol. The number of benzene rings is 1. The summed E-state index contributed by atoms with van der Waals surface area (Å²) in [6.07, 6.45) is 0.0953. The Balaban J connectivity index is 2.78. The van der Waals surface area contributed by atoms with Gasteiger partial charge in [0.15, 0.2) is 5.75 Å². The van der Waals surface area contributed by atoms with E-state index in [9.17, 15) is 9.59 Å². The normalized spacial score (nSPS) is 9.83. The largest absolute Gasteiger partial charge is 0.491 e. The standard InChI is InChI=1S/C12H17N3O3/c1-2-18-11-8(4-3-5-9(11)13)12(17)15-7-6-10(14)16/h3-5H,2,6-7,13H2,1H3,(H2,14,16)(H,15,17). The van der Waals surface area contributed by atoms with Crippen molar-refractivity contribution in [3.05, 3.63) is 23.8 Å². The zero-order chi connectivity index (χ0) is 13.5. The van der Waals surface area contributed by atoms with Crippen molar-refractivity contribution >= 4 is 17.5 Å². The minimum absolute atomic E-state index is 0.0953. The smallest absolute Gasteiger partial charge is 0.255 e. The molecule has 0 radical (unpaired) electrons. The molecule has 0 aromatic heterocycles. The predicted molar refractivity (Wildman–Crippen MR) is 68.2 cm³/mol. The van der Waals surface area contributed by atoms with E-state index in [2.05, 4.69) is 5.32 Å². The Morgan fingerprint density at radius 2 is 2.11 bits per heavy atom. The van der Waals surface area contributed by atoms with Crippen molar-refractivity contribution in [2.75, 3.05) is 18.9 Å². The topological polar surface area (TPSA) is 107 Å². The SMILES string of the molecule is CCOc1c(N)cccc1C(=O)NCCC(N)=O. The van der Waals surface area contributed by atoms with E-state index < -0.39 is 5.91 Å². The fourth-order valence-electron chi connectivity index (χ4n) is 1.43. The Morgan fingerprint density at radius 3 is 2.72 bits per heavy atom. The fourth-order valence-corrected chi connectivity index (χ4v) is 1.43. The molecule has 0 saturated carbocycles. The molecule has 0 fully saturated rings. The summed E-state index contributed by atoms with van der Waals surface area (Å²) in [6, 6.07) is 4.94. The summed E-state index contributed by atoms with van der Waals surface area (Å²) in [5.41, 5.74) is 11.5. The molecule has 6 heteroatoms. The van der Waals surface area contributed by atoms with Crippen LogP contribution in [0, 0.1) is 0 Å². The van der Waals surface area contributed by atoms with E-state index in [4.69, 9.17) is 16.2 Å². The lowest BCUT2D eigenvalue weighted by atomic mass is 10.1. The van der Waals surface area contributed by atoms with Gasteiger partial charge < -0.3 is 21.5 Å². The van der Waals surface area contributed by atoms with Crippen molar-refractivity contribution in [2.45, 2.75) is 13.3 Å². The van der Waals surface area contributed by atoms with Crippen LogP contribution in [0.2, 0.25) is 0 Å². The third-order valence-electron chi connectivity index (χ3n) is 2.24. The number of carbonyl (C=O) groups is 2. The van der Waals surface area contributed by atoms with Crippen molar-refractivity contribution in [2.24, 2.45) is 5.73 Å². The lowest BCUT2D eigenvalue weighted by Crippen LogP contribution is -2.28. The highest BCUT2D eigenvalue weighted by Crippen LogP contribution is 2.26. The van der Waals surface area contributed by atoms with Gasteiger partial charge in [0.2, 0.25) is 5.91 Å². The molecule has 0 unspecified atom stereocenters. The minimum atomic E-state index is -0.465. The van der Waals surface area contributed by atoms with Crippen LogP contribution in [0.3, 0.4) is 0 Å². The minimum Gasteiger partial charge on any atom is -0.491 e. The molecule has 18 heavy (non-hydrogen) atoms. The van der Waals surface area contributed by atoms with Gasteiger partial charge in [0, 0.05) is 13.0 Å². The molecule has 0 bridgehead atoms. The Morgan fingerprint density at radius 1 is 1.39 bits per heavy atom. The number of anilines is 1. The number of hydrogen-bond donors (Lipinski definition) is 3. The number of nitrogens with two attached hydrogens (primary N) is 2. The molecule has 1 aromatic carbocycles. The number of nitrogen functional groups attached to an aromatic ring is 1. The first-order chi connectivity index (χ1) is 8.56. The van der Waals surface area contributed by atoms with Crippen LogP contribution in [0.25, 0.3) is 0 Å². The number of primary amides is 1. The van der Waals surface area contributed by atoms with Gasteiger partial charge in [-0.3, -0.25) is 9.59 Å². The lowest BCUT2D eigenvalue weighted by Gasteiger charge is -2.12. The summed E-state index contributed by atoms with van der Waals surface area (Å²) in [7, 11) is 0. The molecule has 0 aliphatic heterocycles. The van der Waals surface area contributed by atoms with Gasteiger partial charge in [-0.1, -0.05) is 6.07 Å². The Labute approximate surface area is 105 Å². The van der Waals surface area contributed by atoms with Crippen molar-refractivity contribution in [3.63, 3.8) is 0 Å². The third-order valence-corrected chi connectivity index (χ3v) is 2.24. The van der Waals surface area contributed by atoms with Gasteiger partial charge in [-0.05, 0) is 19.1 Å². The van der Waals surface area contributed by atoms with E-state index in [0.717, 1.165) is 0 Å². The van der Waals surface area contributed by atoms with E-state index in [1.807, 2.05) is 0 Å². The van der Waals surface area contributed by atoms with Gasteiger partial charge in [0.25, 0.3) is 5.91 Å². The molecule has 0 saturated heterocycles. The summed E-state index contributed by atoms with van der Waals surface area (Å²) in [5.74, 6) is -0.448. The van der Waals surface area contributed by atoms with E-state index >= 15 is 0 Å². The molecule has 1 rings (SSSR count). The van der Waals surface area contributed by atoms with Crippen LogP contribution in [0.4, 0.5) is 5.69 Å². The highest BCUT2D eigenvalue weighted by Gasteiger charge is 2.14. The van der Waals surface area contributed by atoms with Gasteiger partial charge >= 0.3 is 0 Å². The maximum atomic E-state index is 11.9. The molecule has 0 aliphatic rings. The summed E-state index contributed by atoms with van der Waals surface area (Å²) in [5, 5.41) is 2.58. The number of amides is 2. The van der Waals surface area contributed by atoms with Crippen molar-refractivity contribution in [1.82, 2.24) is 5.32 Å². The van der Waals surface area contributed by atoms with Gasteiger partial charge in [-0.2, -0.15) is 0 Å². The number of rotatable bonds is 6. The van der Waals surface area contributed by atoms with E-state index in [0.29, 0.717) is 23.6 Å². The number of hydrogen-bond acceptors (Lipinski definition) is 4. The van der Waals surface area contributed by atoms with Crippen LogP contribution in [0.15, 0.2) is 18.2 Å². The molecule has 0 aliphatic carbocycles. The van der Waals surface area contributed by atoms with Gasteiger partial charge in [0.05, 0.1) is 17.9 Å². The van der Waals surface area contributed by atoms with Crippen LogP contribution in [-0.4, -0.2) is 25.0 Å². The van der Waals surface area contributed by atoms with Crippen LogP contribution < -0.4 is 21.5 Å². The first-order valence-corrected chi connectivity index (χ1v) is 5.64. The maximum Gasteiger partial charge on any atom is 0.255 e. The molecular weight excluding hydrogens is 234 g/mol. The second kappa shape index (κ2) is 6.48. The maximum absolute atomic E-state index is 11.9. The van der Waals surface area contributed by atoms with Crippen molar-refractivity contribution < 1.29 is 14.3 Å². The van der Waals surface area contributed by atoms with Crippen LogP contribution >= 0.6 is 0 Å². The second-order valence-electron chi connectivity index (χ2n) is 3.63. The predicted octanol–water partition coefficient (Wildman–Crippen LogP) is 0.273. The molecular formula is C12H17N3O3. The zero-order valence-electron chi connectivity index (χ0n) is 10.2. The highest BCUT2D eigenvalue weighted by molar-refractivity contribution is 5.98. The van der Waals surface area contributed by atoms with Gasteiger partial charge in [-0.15, -0.1) is 0 Å². The summed E-state index contributed by atoms with van der Waals surface area (Å²) in [4.78, 5) is 22.4. The van der Waals surface area contributed by atoms with Crippen LogP contribution in [0.5, 0.6) is 5.75 Å². The Hall–Kier alpha value is -2.24. The quantitative estimate of drug-likeness (QED) is 0.631. The lowest BCUT2D eigenvalue weighted by molar-refractivity contribution is -0.117. The molecule has 5 N–H and O–H groups in total. The van der Waals surface area contributed by atoms with Crippen molar-refractivity contribution in [1.29, 1.82) is 0 Å². The Kier molecular flexibility index (Phi) is 4.98. The molecule has 0 heterocycles. The molecule has 0 atom stereocenters. The fraction of sp³-hybridized carbons (Fsp3) is 0.333. The molecule has 98 valence electrons. The number of carbonyl (C=O) groups excluding carboxylic acids is 2. The summed E-state index contributed by atoms with van der Waals surface area (Å²) >= 11 is 0. The molecule has 2 amide bonds. The van der Waals surface area contributed by atoms with E-state index in [1.165, 1.54) is 0 Å². The highest BCUT2D eigenvalue weighted by atomic mass is 16.5. The monoisotopic (exact) mass is 251 g/mol. The molecule has 0 spiro atoms. The average Bonchev–Trinajstić information content (AvgIpc) is 2.31. The van der Waals surface area contributed by atoms with E-state index in [-0.39, 0.29) is 18.9 Å². The van der Waals surface area contributed by atoms with Crippen molar-refractivity contribution in [3.8, 4) is 5.75 Å². The van der Waals surface area contributed by atoms with Gasteiger partial charge in [-0.25, -0.2) is 0 Å². The van der Waals surface area contributed by atoms with Gasteiger partial charge in [0.1, 0.15) is 0 Å².